The first-order chi connectivity index (χ1) is 8.16. The molecule has 1 atom stereocenters. The SMILES string of the molecule is COC1(C(O)Cc2cccs2)CCC(C)CC1. The fourth-order valence-corrected chi connectivity index (χ4v) is 3.47. The first-order valence-electron chi connectivity index (χ1n) is 6.42. The van der Waals surface area contributed by atoms with E-state index in [2.05, 4.69) is 18.4 Å². The minimum atomic E-state index is -0.376. The predicted molar refractivity (Wildman–Crippen MR) is 71.4 cm³/mol. The molecule has 1 aliphatic rings. The number of ether oxygens (including phenoxy) is 1. The van der Waals surface area contributed by atoms with E-state index in [1.165, 1.54) is 4.88 Å². The third-order valence-electron chi connectivity index (χ3n) is 4.11. The molecule has 1 unspecified atom stereocenters. The van der Waals surface area contributed by atoms with Crippen molar-refractivity contribution in [3.8, 4) is 0 Å². The second-order valence-corrected chi connectivity index (χ2v) is 6.28. The van der Waals surface area contributed by atoms with Gasteiger partial charge in [-0.15, -0.1) is 11.3 Å². The monoisotopic (exact) mass is 254 g/mol. The Bertz CT molecular complexity index is 326. The highest BCUT2D eigenvalue weighted by Crippen LogP contribution is 2.38. The van der Waals surface area contributed by atoms with E-state index in [0.29, 0.717) is 0 Å². The maximum absolute atomic E-state index is 10.5. The summed E-state index contributed by atoms with van der Waals surface area (Å²) in [6.45, 7) is 2.28. The van der Waals surface area contributed by atoms with Gasteiger partial charge >= 0.3 is 0 Å². The van der Waals surface area contributed by atoms with Crippen molar-refractivity contribution in [2.75, 3.05) is 7.11 Å². The van der Waals surface area contributed by atoms with Gasteiger partial charge in [0.2, 0.25) is 0 Å². The van der Waals surface area contributed by atoms with Crippen LogP contribution < -0.4 is 0 Å². The zero-order valence-electron chi connectivity index (χ0n) is 10.7. The molecule has 0 saturated heterocycles. The second-order valence-electron chi connectivity index (χ2n) is 5.25. The molecule has 1 aromatic heterocycles. The van der Waals surface area contributed by atoms with Gasteiger partial charge in [0.1, 0.15) is 0 Å². The van der Waals surface area contributed by atoms with E-state index in [9.17, 15) is 5.11 Å². The lowest BCUT2D eigenvalue weighted by molar-refractivity contribution is -0.127. The van der Waals surface area contributed by atoms with Gasteiger partial charge in [-0.05, 0) is 43.0 Å². The van der Waals surface area contributed by atoms with Gasteiger partial charge in [0.15, 0.2) is 0 Å². The normalized spacial score (nSPS) is 31.4. The Balaban J connectivity index is 2.02. The third kappa shape index (κ3) is 2.90. The summed E-state index contributed by atoms with van der Waals surface area (Å²) in [6, 6.07) is 4.12. The van der Waals surface area contributed by atoms with Crippen molar-refractivity contribution in [2.24, 2.45) is 5.92 Å². The fraction of sp³-hybridized carbons (Fsp3) is 0.714. The van der Waals surface area contributed by atoms with E-state index in [0.717, 1.165) is 38.0 Å². The third-order valence-corrected chi connectivity index (χ3v) is 5.01. The van der Waals surface area contributed by atoms with Crippen LogP contribution in [0.5, 0.6) is 0 Å². The minimum absolute atomic E-state index is 0.309. The Kier molecular flexibility index (Phi) is 4.23. The van der Waals surface area contributed by atoms with Crippen LogP contribution >= 0.6 is 11.3 Å². The molecule has 1 saturated carbocycles. The van der Waals surface area contributed by atoms with Crippen LogP contribution in [0.15, 0.2) is 17.5 Å². The molecule has 2 rings (SSSR count). The largest absolute Gasteiger partial charge is 0.390 e. The van der Waals surface area contributed by atoms with E-state index in [-0.39, 0.29) is 11.7 Å². The molecular formula is C14H22O2S. The topological polar surface area (TPSA) is 29.5 Å². The quantitative estimate of drug-likeness (QED) is 0.893. The van der Waals surface area contributed by atoms with Crippen molar-refractivity contribution >= 4 is 11.3 Å². The lowest BCUT2D eigenvalue weighted by Gasteiger charge is -2.41. The lowest BCUT2D eigenvalue weighted by Crippen LogP contribution is -2.47. The van der Waals surface area contributed by atoms with Crippen LogP contribution in [0.25, 0.3) is 0 Å². The second kappa shape index (κ2) is 5.51. The van der Waals surface area contributed by atoms with Gasteiger partial charge in [-0.3, -0.25) is 0 Å². The average molecular weight is 254 g/mol. The number of aliphatic hydroxyl groups excluding tert-OH is 1. The van der Waals surface area contributed by atoms with Crippen molar-refractivity contribution < 1.29 is 9.84 Å². The van der Waals surface area contributed by atoms with Crippen LogP contribution in [0.2, 0.25) is 0 Å². The Morgan fingerprint density at radius 2 is 2.24 bits per heavy atom. The lowest BCUT2D eigenvalue weighted by atomic mass is 9.75. The van der Waals surface area contributed by atoms with Gasteiger partial charge in [0.25, 0.3) is 0 Å². The predicted octanol–water partition coefficient (Wildman–Crippen LogP) is 3.25. The van der Waals surface area contributed by atoms with Gasteiger partial charge in [-0.25, -0.2) is 0 Å². The summed E-state index contributed by atoms with van der Waals surface area (Å²) in [5, 5.41) is 12.5. The van der Waals surface area contributed by atoms with Crippen molar-refractivity contribution in [3.63, 3.8) is 0 Å². The summed E-state index contributed by atoms with van der Waals surface area (Å²) in [5.74, 6) is 0.771. The molecule has 1 heterocycles. The smallest absolute Gasteiger partial charge is 0.0940 e. The average Bonchev–Trinajstić information content (AvgIpc) is 2.83. The van der Waals surface area contributed by atoms with Gasteiger partial charge in [-0.1, -0.05) is 13.0 Å². The van der Waals surface area contributed by atoms with Crippen LogP contribution in [0.1, 0.15) is 37.5 Å². The van der Waals surface area contributed by atoms with Crippen LogP contribution in [0.3, 0.4) is 0 Å². The Labute approximate surface area is 108 Å². The standard InChI is InChI=1S/C14H22O2S/c1-11-5-7-14(16-2,8-6-11)13(15)10-12-4-3-9-17-12/h3-4,9,11,13,15H,5-8,10H2,1-2H3. The molecule has 1 aliphatic carbocycles. The molecule has 0 aromatic carbocycles. The molecule has 1 aromatic rings. The van der Waals surface area contributed by atoms with E-state index in [1.54, 1.807) is 18.4 Å². The van der Waals surface area contributed by atoms with E-state index < -0.39 is 0 Å². The summed E-state index contributed by atoms with van der Waals surface area (Å²) in [6.07, 6.45) is 4.64. The number of aliphatic hydroxyl groups is 1. The molecule has 1 fully saturated rings. The van der Waals surface area contributed by atoms with Gasteiger partial charge in [-0.2, -0.15) is 0 Å². The summed E-state index contributed by atoms with van der Waals surface area (Å²) < 4.78 is 5.69. The van der Waals surface area contributed by atoms with Gasteiger partial charge in [0.05, 0.1) is 11.7 Å². The van der Waals surface area contributed by atoms with Crippen molar-refractivity contribution in [1.29, 1.82) is 0 Å². The number of hydrogen-bond acceptors (Lipinski definition) is 3. The molecule has 0 radical (unpaired) electrons. The Hall–Kier alpha value is -0.380. The molecule has 1 N–H and O–H groups in total. The maximum Gasteiger partial charge on any atom is 0.0940 e. The minimum Gasteiger partial charge on any atom is -0.390 e. The van der Waals surface area contributed by atoms with Crippen molar-refractivity contribution in [2.45, 2.75) is 50.7 Å². The molecular weight excluding hydrogens is 232 g/mol. The van der Waals surface area contributed by atoms with Gasteiger partial charge in [0, 0.05) is 18.4 Å². The Morgan fingerprint density at radius 1 is 1.53 bits per heavy atom. The number of methoxy groups -OCH3 is 1. The van der Waals surface area contributed by atoms with E-state index in [1.807, 2.05) is 6.07 Å². The summed E-state index contributed by atoms with van der Waals surface area (Å²) in [4.78, 5) is 1.24. The first kappa shape index (κ1) is 13.1. The molecule has 0 aliphatic heterocycles. The van der Waals surface area contributed by atoms with Crippen molar-refractivity contribution in [1.82, 2.24) is 0 Å². The first-order valence-corrected chi connectivity index (χ1v) is 7.30. The molecule has 17 heavy (non-hydrogen) atoms. The number of hydrogen-bond donors (Lipinski definition) is 1. The highest BCUT2D eigenvalue weighted by atomic mass is 32.1. The fourth-order valence-electron chi connectivity index (χ4n) is 2.73. The van der Waals surface area contributed by atoms with E-state index >= 15 is 0 Å². The summed E-state index contributed by atoms with van der Waals surface area (Å²) >= 11 is 1.71. The molecule has 96 valence electrons. The van der Waals surface area contributed by atoms with Gasteiger partial charge < -0.3 is 9.84 Å². The maximum atomic E-state index is 10.5. The van der Waals surface area contributed by atoms with Crippen LogP contribution in [0, 0.1) is 5.92 Å². The van der Waals surface area contributed by atoms with Crippen LogP contribution in [-0.2, 0) is 11.2 Å². The van der Waals surface area contributed by atoms with Crippen LogP contribution in [-0.4, -0.2) is 23.9 Å². The zero-order chi connectivity index (χ0) is 12.3. The number of rotatable bonds is 4. The van der Waals surface area contributed by atoms with E-state index in [4.69, 9.17) is 4.74 Å². The molecule has 2 nitrogen and oxygen atoms in total. The van der Waals surface area contributed by atoms with Crippen molar-refractivity contribution in [3.05, 3.63) is 22.4 Å². The molecule has 0 bridgehead atoms. The molecule has 0 amide bonds. The summed E-state index contributed by atoms with van der Waals surface area (Å²) in [7, 11) is 1.74. The summed E-state index contributed by atoms with van der Waals surface area (Å²) in [5.41, 5.74) is -0.309. The highest BCUT2D eigenvalue weighted by Gasteiger charge is 2.40. The van der Waals surface area contributed by atoms with Crippen LogP contribution in [0.4, 0.5) is 0 Å². The zero-order valence-corrected chi connectivity index (χ0v) is 11.5. The Morgan fingerprint density at radius 3 is 2.76 bits per heavy atom. The highest BCUT2D eigenvalue weighted by molar-refractivity contribution is 7.09. The molecule has 0 spiro atoms. The molecule has 3 heteroatoms. The number of thiophene rings is 1.